The number of ether oxygens (including phenoxy) is 1. The Morgan fingerprint density at radius 2 is 1.81 bits per heavy atom. The van der Waals surface area contributed by atoms with E-state index in [-0.39, 0.29) is 11.9 Å². The van der Waals surface area contributed by atoms with Crippen molar-refractivity contribution >= 4 is 23.2 Å². The van der Waals surface area contributed by atoms with Crippen LogP contribution in [0.1, 0.15) is 17.2 Å². The summed E-state index contributed by atoms with van der Waals surface area (Å²) in [6, 6.07) is 9.89. The topological polar surface area (TPSA) is 21.3 Å². The van der Waals surface area contributed by atoms with Crippen LogP contribution < -0.4 is 10.1 Å². The number of benzene rings is 2. The van der Waals surface area contributed by atoms with E-state index >= 15 is 0 Å². The van der Waals surface area contributed by atoms with Crippen molar-refractivity contribution in [3.05, 3.63) is 63.4 Å². The number of nitrogens with one attached hydrogen (secondary N) is 1. The SMILES string of the molecule is CNC(Cc1cc(Cl)ccc1OC)c1ccc(Cl)cc1F. The molecule has 112 valence electrons. The zero-order valence-electron chi connectivity index (χ0n) is 11.8. The number of halogens is 3. The second kappa shape index (κ2) is 7.12. The van der Waals surface area contributed by atoms with Crippen LogP contribution in [0.25, 0.3) is 0 Å². The van der Waals surface area contributed by atoms with Crippen LogP contribution in [0.15, 0.2) is 36.4 Å². The number of methoxy groups -OCH3 is 1. The van der Waals surface area contributed by atoms with Crippen molar-refractivity contribution < 1.29 is 9.13 Å². The molecular formula is C16H16Cl2FNO. The average molecular weight is 328 g/mol. The van der Waals surface area contributed by atoms with Crippen LogP contribution in [0, 0.1) is 5.82 Å². The summed E-state index contributed by atoms with van der Waals surface area (Å²) in [6.07, 6.45) is 0.554. The predicted octanol–water partition coefficient (Wildman–Crippen LogP) is 4.64. The molecule has 0 saturated heterocycles. The monoisotopic (exact) mass is 327 g/mol. The molecule has 0 amide bonds. The van der Waals surface area contributed by atoms with Gasteiger partial charge in [-0.05, 0) is 49.4 Å². The maximum Gasteiger partial charge on any atom is 0.129 e. The normalized spacial score (nSPS) is 12.2. The van der Waals surface area contributed by atoms with Gasteiger partial charge in [-0.25, -0.2) is 4.39 Å². The van der Waals surface area contributed by atoms with Crippen LogP contribution >= 0.6 is 23.2 Å². The molecule has 0 aliphatic heterocycles. The minimum Gasteiger partial charge on any atom is -0.496 e. The summed E-state index contributed by atoms with van der Waals surface area (Å²) >= 11 is 11.8. The maximum atomic E-state index is 14.1. The van der Waals surface area contributed by atoms with Crippen molar-refractivity contribution in [2.45, 2.75) is 12.5 Å². The van der Waals surface area contributed by atoms with E-state index in [1.807, 2.05) is 12.1 Å². The molecule has 2 aromatic carbocycles. The van der Waals surface area contributed by atoms with Gasteiger partial charge in [0.2, 0.25) is 0 Å². The van der Waals surface area contributed by atoms with E-state index in [4.69, 9.17) is 27.9 Å². The first-order chi connectivity index (χ1) is 10.0. The van der Waals surface area contributed by atoms with E-state index in [9.17, 15) is 4.39 Å². The van der Waals surface area contributed by atoms with Crippen LogP contribution in [0.3, 0.4) is 0 Å². The van der Waals surface area contributed by atoms with Gasteiger partial charge in [0, 0.05) is 21.7 Å². The zero-order chi connectivity index (χ0) is 15.4. The Hall–Kier alpha value is -1.29. The molecule has 0 saturated carbocycles. The highest BCUT2D eigenvalue weighted by molar-refractivity contribution is 6.30. The molecule has 0 aliphatic rings. The second-order valence-electron chi connectivity index (χ2n) is 4.67. The molecule has 0 fully saturated rings. The van der Waals surface area contributed by atoms with E-state index in [1.165, 1.54) is 6.07 Å². The third-order valence-corrected chi connectivity index (χ3v) is 3.82. The van der Waals surface area contributed by atoms with E-state index in [2.05, 4.69) is 5.32 Å². The Labute approximate surface area is 133 Å². The molecule has 1 N–H and O–H groups in total. The van der Waals surface area contributed by atoms with Crippen LogP contribution in [0.4, 0.5) is 4.39 Å². The molecule has 1 unspecified atom stereocenters. The number of likely N-dealkylation sites (N-methyl/N-ethyl adjacent to an activating group) is 1. The van der Waals surface area contributed by atoms with Gasteiger partial charge < -0.3 is 10.1 Å². The molecule has 0 bridgehead atoms. The van der Waals surface area contributed by atoms with Crippen LogP contribution in [0.5, 0.6) is 5.75 Å². The van der Waals surface area contributed by atoms with Gasteiger partial charge >= 0.3 is 0 Å². The van der Waals surface area contributed by atoms with Gasteiger partial charge in [0.25, 0.3) is 0 Å². The van der Waals surface area contributed by atoms with E-state index < -0.39 is 0 Å². The minimum atomic E-state index is -0.331. The highest BCUT2D eigenvalue weighted by Gasteiger charge is 2.17. The fourth-order valence-electron chi connectivity index (χ4n) is 2.28. The molecule has 2 rings (SSSR count). The van der Waals surface area contributed by atoms with Gasteiger partial charge in [0.1, 0.15) is 11.6 Å². The van der Waals surface area contributed by atoms with E-state index in [1.54, 1.807) is 32.4 Å². The summed E-state index contributed by atoms with van der Waals surface area (Å²) < 4.78 is 19.4. The lowest BCUT2D eigenvalue weighted by Crippen LogP contribution is -2.20. The quantitative estimate of drug-likeness (QED) is 0.863. The highest BCUT2D eigenvalue weighted by atomic mass is 35.5. The summed E-state index contributed by atoms with van der Waals surface area (Å²) in [7, 11) is 3.39. The Bertz CT molecular complexity index is 634. The molecule has 2 nitrogen and oxygen atoms in total. The Balaban J connectivity index is 2.33. The molecule has 0 radical (unpaired) electrons. The molecule has 2 aromatic rings. The second-order valence-corrected chi connectivity index (χ2v) is 5.54. The molecule has 21 heavy (non-hydrogen) atoms. The largest absolute Gasteiger partial charge is 0.496 e. The molecular weight excluding hydrogens is 312 g/mol. The van der Waals surface area contributed by atoms with Crippen molar-refractivity contribution in [1.29, 1.82) is 0 Å². The lowest BCUT2D eigenvalue weighted by atomic mass is 9.98. The first-order valence-corrected chi connectivity index (χ1v) is 7.25. The van der Waals surface area contributed by atoms with Gasteiger partial charge in [0.15, 0.2) is 0 Å². The van der Waals surface area contributed by atoms with Crippen molar-refractivity contribution in [2.24, 2.45) is 0 Å². The van der Waals surface area contributed by atoms with Gasteiger partial charge in [-0.2, -0.15) is 0 Å². The lowest BCUT2D eigenvalue weighted by molar-refractivity contribution is 0.406. The molecule has 0 aliphatic carbocycles. The number of hydrogen-bond acceptors (Lipinski definition) is 2. The van der Waals surface area contributed by atoms with Crippen molar-refractivity contribution in [2.75, 3.05) is 14.2 Å². The summed E-state index contributed by atoms with van der Waals surface area (Å²) in [5, 5.41) is 4.12. The minimum absolute atomic E-state index is 0.199. The van der Waals surface area contributed by atoms with E-state index in [0.29, 0.717) is 22.0 Å². The fourth-order valence-corrected chi connectivity index (χ4v) is 2.63. The predicted molar refractivity (Wildman–Crippen MR) is 84.9 cm³/mol. The van der Waals surface area contributed by atoms with Crippen molar-refractivity contribution in [1.82, 2.24) is 5.32 Å². The standard InChI is InChI=1S/C16H16Cl2FNO/c1-20-15(13-5-3-12(18)9-14(13)19)8-10-7-11(17)4-6-16(10)21-2/h3-7,9,15,20H,8H2,1-2H3. The first kappa shape index (κ1) is 16.1. The van der Waals surface area contributed by atoms with Gasteiger partial charge in [-0.15, -0.1) is 0 Å². The van der Waals surface area contributed by atoms with Crippen molar-refractivity contribution in [3.8, 4) is 5.75 Å². The summed E-state index contributed by atoms with van der Waals surface area (Å²) in [5.41, 5.74) is 1.47. The third-order valence-electron chi connectivity index (χ3n) is 3.35. The average Bonchev–Trinajstić information content (AvgIpc) is 2.45. The van der Waals surface area contributed by atoms with Gasteiger partial charge in [-0.3, -0.25) is 0 Å². The zero-order valence-corrected chi connectivity index (χ0v) is 13.3. The molecule has 0 spiro atoms. The molecule has 5 heteroatoms. The van der Waals surface area contributed by atoms with E-state index in [0.717, 1.165) is 11.3 Å². The van der Waals surface area contributed by atoms with Gasteiger partial charge in [0.05, 0.1) is 7.11 Å². The Morgan fingerprint density at radius 3 is 2.43 bits per heavy atom. The third kappa shape index (κ3) is 3.88. The van der Waals surface area contributed by atoms with Gasteiger partial charge in [-0.1, -0.05) is 29.3 Å². The highest BCUT2D eigenvalue weighted by Crippen LogP contribution is 2.29. The fraction of sp³-hybridized carbons (Fsp3) is 0.250. The summed E-state index contributed by atoms with van der Waals surface area (Å²) in [6.45, 7) is 0. The summed E-state index contributed by atoms with van der Waals surface area (Å²) in [4.78, 5) is 0. The Morgan fingerprint density at radius 1 is 1.14 bits per heavy atom. The molecule has 0 heterocycles. The molecule has 0 aromatic heterocycles. The smallest absolute Gasteiger partial charge is 0.129 e. The van der Waals surface area contributed by atoms with Crippen LogP contribution in [0.2, 0.25) is 10.0 Å². The van der Waals surface area contributed by atoms with Crippen LogP contribution in [-0.4, -0.2) is 14.2 Å². The van der Waals surface area contributed by atoms with Crippen LogP contribution in [-0.2, 0) is 6.42 Å². The van der Waals surface area contributed by atoms with Crippen molar-refractivity contribution in [3.63, 3.8) is 0 Å². The Kier molecular flexibility index (Phi) is 5.45. The first-order valence-electron chi connectivity index (χ1n) is 6.49. The number of hydrogen-bond donors (Lipinski definition) is 1. The molecule has 1 atom stereocenters. The summed E-state index contributed by atoms with van der Waals surface area (Å²) in [5.74, 6) is 0.400. The lowest BCUT2D eigenvalue weighted by Gasteiger charge is -2.19. The maximum absolute atomic E-state index is 14.1. The number of rotatable bonds is 5.